The Balaban J connectivity index is 2.17. The maximum absolute atomic E-state index is 12.9. The Morgan fingerprint density at radius 3 is 2.25 bits per heavy atom. The lowest BCUT2D eigenvalue weighted by Gasteiger charge is -2.23. The van der Waals surface area contributed by atoms with Crippen LogP contribution < -0.4 is 0 Å². The van der Waals surface area contributed by atoms with Gasteiger partial charge in [-0.1, -0.05) is 32.9 Å². The minimum Gasteiger partial charge on any atom is -0.383 e. The normalized spacial score (nSPS) is 11.3. The summed E-state index contributed by atoms with van der Waals surface area (Å²) in [5, 5.41) is 0. The van der Waals surface area contributed by atoms with Gasteiger partial charge in [0.25, 0.3) is 5.91 Å². The van der Waals surface area contributed by atoms with Crippen molar-refractivity contribution in [2.24, 2.45) is 0 Å². The van der Waals surface area contributed by atoms with Gasteiger partial charge < -0.3 is 9.64 Å². The molecule has 24 heavy (non-hydrogen) atoms. The van der Waals surface area contributed by atoms with Gasteiger partial charge in [0, 0.05) is 38.2 Å². The fraction of sp³-hybridized carbons (Fsp3) is 0.400. The zero-order valence-electron chi connectivity index (χ0n) is 15.0. The van der Waals surface area contributed by atoms with E-state index in [0.29, 0.717) is 25.3 Å². The fourth-order valence-corrected chi connectivity index (χ4v) is 2.46. The van der Waals surface area contributed by atoms with Crippen molar-refractivity contribution in [2.75, 3.05) is 20.3 Å². The van der Waals surface area contributed by atoms with Crippen LogP contribution in [0.5, 0.6) is 0 Å². The van der Waals surface area contributed by atoms with E-state index in [2.05, 4.69) is 25.8 Å². The highest BCUT2D eigenvalue weighted by molar-refractivity contribution is 5.94. The van der Waals surface area contributed by atoms with Crippen LogP contribution in [0.3, 0.4) is 0 Å². The van der Waals surface area contributed by atoms with E-state index in [1.165, 1.54) is 5.56 Å². The number of pyridine rings is 1. The summed E-state index contributed by atoms with van der Waals surface area (Å²) in [6, 6.07) is 11.7. The van der Waals surface area contributed by atoms with Crippen LogP contribution in [0.1, 0.15) is 42.3 Å². The molecule has 1 amide bonds. The molecule has 0 N–H and O–H groups in total. The zero-order chi connectivity index (χ0) is 17.6. The number of amides is 1. The summed E-state index contributed by atoms with van der Waals surface area (Å²) in [4.78, 5) is 18.7. The second-order valence-corrected chi connectivity index (χ2v) is 6.90. The van der Waals surface area contributed by atoms with E-state index >= 15 is 0 Å². The number of nitrogens with zero attached hydrogens (tertiary/aromatic N) is 2. The Labute approximate surface area is 144 Å². The van der Waals surface area contributed by atoms with E-state index < -0.39 is 0 Å². The van der Waals surface area contributed by atoms with Crippen LogP contribution in [0.25, 0.3) is 0 Å². The molecule has 0 spiro atoms. The van der Waals surface area contributed by atoms with Gasteiger partial charge in [-0.25, -0.2) is 0 Å². The van der Waals surface area contributed by atoms with Crippen molar-refractivity contribution in [3.05, 3.63) is 65.5 Å². The van der Waals surface area contributed by atoms with Crippen LogP contribution in [0.15, 0.2) is 48.8 Å². The van der Waals surface area contributed by atoms with Crippen LogP contribution >= 0.6 is 0 Å². The van der Waals surface area contributed by atoms with E-state index in [-0.39, 0.29) is 11.3 Å². The monoisotopic (exact) mass is 326 g/mol. The largest absolute Gasteiger partial charge is 0.383 e. The molecule has 1 aromatic carbocycles. The second-order valence-electron chi connectivity index (χ2n) is 6.90. The molecule has 0 aliphatic carbocycles. The van der Waals surface area contributed by atoms with E-state index in [1.807, 2.05) is 41.3 Å². The Bertz CT molecular complexity index is 646. The summed E-state index contributed by atoms with van der Waals surface area (Å²) in [5.74, 6) is 0.0179. The number of rotatable bonds is 6. The molecule has 0 saturated carbocycles. The smallest absolute Gasteiger partial charge is 0.254 e. The van der Waals surface area contributed by atoms with Crippen LogP contribution in [0, 0.1) is 0 Å². The average molecular weight is 326 g/mol. The molecule has 128 valence electrons. The maximum Gasteiger partial charge on any atom is 0.254 e. The molecule has 0 unspecified atom stereocenters. The maximum atomic E-state index is 12.9. The Morgan fingerprint density at radius 1 is 1.08 bits per heavy atom. The van der Waals surface area contributed by atoms with E-state index in [0.717, 1.165) is 5.56 Å². The predicted octanol–water partition coefficient (Wildman–Crippen LogP) is 3.67. The van der Waals surface area contributed by atoms with Crippen molar-refractivity contribution in [1.82, 2.24) is 9.88 Å². The summed E-state index contributed by atoms with van der Waals surface area (Å²) in [7, 11) is 1.65. The van der Waals surface area contributed by atoms with Crippen molar-refractivity contribution in [3.8, 4) is 0 Å². The van der Waals surface area contributed by atoms with Gasteiger partial charge in [-0.2, -0.15) is 0 Å². The molecule has 0 bridgehead atoms. The molecule has 1 heterocycles. The minimum atomic E-state index is 0.0179. The van der Waals surface area contributed by atoms with Gasteiger partial charge in [0.1, 0.15) is 0 Å². The summed E-state index contributed by atoms with van der Waals surface area (Å²) >= 11 is 0. The molecule has 0 fully saturated rings. The summed E-state index contributed by atoms with van der Waals surface area (Å²) in [5.41, 5.74) is 3.06. The van der Waals surface area contributed by atoms with Gasteiger partial charge in [0.15, 0.2) is 0 Å². The highest BCUT2D eigenvalue weighted by Crippen LogP contribution is 2.22. The fourth-order valence-electron chi connectivity index (χ4n) is 2.46. The first-order chi connectivity index (χ1) is 11.4. The van der Waals surface area contributed by atoms with Crippen molar-refractivity contribution in [3.63, 3.8) is 0 Å². The van der Waals surface area contributed by atoms with Gasteiger partial charge in [0.2, 0.25) is 0 Å². The van der Waals surface area contributed by atoms with Crippen LogP contribution in [-0.2, 0) is 16.7 Å². The number of carbonyl (C=O) groups excluding carboxylic acids is 1. The summed E-state index contributed by atoms with van der Waals surface area (Å²) < 4.78 is 5.15. The molecule has 0 aliphatic heterocycles. The topological polar surface area (TPSA) is 42.4 Å². The van der Waals surface area contributed by atoms with Crippen molar-refractivity contribution >= 4 is 5.91 Å². The first kappa shape index (κ1) is 18.1. The third kappa shape index (κ3) is 4.90. The van der Waals surface area contributed by atoms with Crippen LogP contribution in [-0.4, -0.2) is 36.1 Å². The van der Waals surface area contributed by atoms with Crippen molar-refractivity contribution < 1.29 is 9.53 Å². The molecule has 4 nitrogen and oxygen atoms in total. The van der Waals surface area contributed by atoms with Crippen LogP contribution in [0.4, 0.5) is 0 Å². The third-order valence-electron chi connectivity index (χ3n) is 3.97. The van der Waals surface area contributed by atoms with Crippen LogP contribution in [0.2, 0.25) is 0 Å². The van der Waals surface area contributed by atoms with Gasteiger partial charge in [-0.15, -0.1) is 0 Å². The molecular weight excluding hydrogens is 300 g/mol. The lowest BCUT2D eigenvalue weighted by molar-refractivity contribution is 0.0680. The molecule has 1 aromatic heterocycles. The minimum absolute atomic E-state index is 0.0179. The lowest BCUT2D eigenvalue weighted by atomic mass is 9.86. The van der Waals surface area contributed by atoms with Gasteiger partial charge in [0.05, 0.1) is 6.61 Å². The standard InChI is InChI=1S/C20H26N2O2/c1-20(2,3)18-7-5-17(6-8-18)19(23)22(13-14-24-4)15-16-9-11-21-12-10-16/h5-12H,13-15H2,1-4H3. The number of carbonyl (C=O) groups is 1. The number of hydrogen-bond acceptors (Lipinski definition) is 3. The van der Waals surface area contributed by atoms with Gasteiger partial charge in [-0.05, 0) is 40.8 Å². The number of aromatic nitrogens is 1. The highest BCUT2D eigenvalue weighted by Gasteiger charge is 2.18. The lowest BCUT2D eigenvalue weighted by Crippen LogP contribution is -2.33. The molecule has 0 saturated heterocycles. The molecule has 0 atom stereocenters. The first-order valence-corrected chi connectivity index (χ1v) is 8.19. The summed E-state index contributed by atoms with van der Waals surface area (Å²) in [6.45, 7) is 8.11. The zero-order valence-corrected chi connectivity index (χ0v) is 15.0. The molecule has 2 aromatic rings. The Kier molecular flexibility index (Phi) is 6.10. The number of benzene rings is 1. The number of ether oxygens (including phenoxy) is 1. The number of hydrogen-bond donors (Lipinski definition) is 0. The number of methoxy groups -OCH3 is 1. The van der Waals surface area contributed by atoms with E-state index in [9.17, 15) is 4.79 Å². The Hall–Kier alpha value is -2.20. The quantitative estimate of drug-likeness (QED) is 0.813. The first-order valence-electron chi connectivity index (χ1n) is 8.19. The third-order valence-corrected chi connectivity index (χ3v) is 3.97. The molecule has 2 rings (SSSR count). The van der Waals surface area contributed by atoms with E-state index in [1.54, 1.807) is 19.5 Å². The van der Waals surface area contributed by atoms with E-state index in [4.69, 9.17) is 4.74 Å². The SMILES string of the molecule is COCCN(Cc1ccncc1)C(=O)c1ccc(C(C)(C)C)cc1. The highest BCUT2D eigenvalue weighted by atomic mass is 16.5. The van der Waals surface area contributed by atoms with Gasteiger partial charge >= 0.3 is 0 Å². The molecular formula is C20H26N2O2. The Morgan fingerprint density at radius 2 is 1.71 bits per heavy atom. The van der Waals surface area contributed by atoms with Crippen molar-refractivity contribution in [1.29, 1.82) is 0 Å². The van der Waals surface area contributed by atoms with Gasteiger partial charge in [-0.3, -0.25) is 9.78 Å². The molecule has 0 radical (unpaired) electrons. The molecule has 4 heteroatoms. The molecule has 0 aliphatic rings. The predicted molar refractivity (Wildman–Crippen MR) is 96.0 cm³/mol. The average Bonchev–Trinajstić information content (AvgIpc) is 2.58. The second kappa shape index (κ2) is 8.06. The summed E-state index contributed by atoms with van der Waals surface area (Å²) in [6.07, 6.45) is 3.48. The van der Waals surface area contributed by atoms with Crippen molar-refractivity contribution in [2.45, 2.75) is 32.7 Å².